The molecule has 4 heterocycles. The van der Waals surface area contributed by atoms with Gasteiger partial charge in [0.1, 0.15) is 5.82 Å². The van der Waals surface area contributed by atoms with Gasteiger partial charge in [0.25, 0.3) is 0 Å². The molecule has 0 aromatic carbocycles. The van der Waals surface area contributed by atoms with Crippen LogP contribution in [0.25, 0.3) is 5.65 Å². The number of fused-ring (bicyclic) bond motifs is 1. The Morgan fingerprint density at radius 1 is 1.16 bits per heavy atom. The highest BCUT2D eigenvalue weighted by Gasteiger charge is 2.40. The van der Waals surface area contributed by atoms with E-state index >= 15 is 0 Å². The van der Waals surface area contributed by atoms with Crippen LogP contribution < -0.4 is 4.90 Å². The fourth-order valence-electron chi connectivity index (χ4n) is 5.80. The number of aryl methyl sites for hydroxylation is 1. The molecular weight excluding hydrogens is 517 g/mol. The number of anilines is 1. The van der Waals surface area contributed by atoms with E-state index in [1.165, 1.54) is 6.42 Å². The monoisotopic (exact) mass is 551 g/mol. The van der Waals surface area contributed by atoms with Gasteiger partial charge in [-0.15, -0.1) is 0 Å². The molecule has 0 radical (unpaired) electrons. The molecule has 5 atom stereocenters. The topological polar surface area (TPSA) is 74.0 Å². The lowest BCUT2D eigenvalue weighted by Crippen LogP contribution is -2.47. The standard InChI is InChI=1S/C24H34IN5O2/c1-15-6-5-7-18(22(15)31)24(32)29-10-4-3-8-20(29)19-12-21-26-23(16(2)13-30(21)27-19)28-11-9-17(25)14-28/h12-13,15,17-18,20,22,31H,3-11,14H2,1-2H3/t15?,17-,18?,20-,22?/m0/s1. The summed E-state index contributed by atoms with van der Waals surface area (Å²) in [6.45, 7) is 7.00. The lowest BCUT2D eigenvalue weighted by Gasteiger charge is -2.40. The van der Waals surface area contributed by atoms with Crippen LogP contribution in [0.15, 0.2) is 12.3 Å². The molecule has 3 fully saturated rings. The van der Waals surface area contributed by atoms with Gasteiger partial charge < -0.3 is 14.9 Å². The zero-order valence-electron chi connectivity index (χ0n) is 19.1. The van der Waals surface area contributed by atoms with Crippen molar-refractivity contribution in [1.82, 2.24) is 19.5 Å². The van der Waals surface area contributed by atoms with Crippen LogP contribution in [0.4, 0.5) is 5.82 Å². The Morgan fingerprint density at radius 2 is 2.00 bits per heavy atom. The molecule has 2 saturated heterocycles. The van der Waals surface area contributed by atoms with Crippen LogP contribution >= 0.6 is 22.6 Å². The highest BCUT2D eigenvalue weighted by Crippen LogP contribution is 2.36. The van der Waals surface area contributed by atoms with Gasteiger partial charge in [0.2, 0.25) is 5.91 Å². The summed E-state index contributed by atoms with van der Waals surface area (Å²) in [7, 11) is 0. The maximum Gasteiger partial charge on any atom is 0.228 e. The number of halogens is 1. The Morgan fingerprint density at radius 3 is 2.78 bits per heavy atom. The van der Waals surface area contributed by atoms with Gasteiger partial charge in [-0.05, 0) is 51.4 Å². The SMILES string of the molecule is Cc1cn2nc([C@@H]3CCCCN3C(=O)C3CCCC(C)C3O)cc2nc1N1CC[C@H](I)C1. The molecule has 1 N–H and O–H groups in total. The lowest BCUT2D eigenvalue weighted by atomic mass is 9.78. The maximum absolute atomic E-state index is 13.5. The van der Waals surface area contributed by atoms with E-state index in [-0.39, 0.29) is 23.8 Å². The first-order valence-electron chi connectivity index (χ1n) is 12.2. The normalized spacial score (nSPS) is 31.4. The summed E-state index contributed by atoms with van der Waals surface area (Å²) in [6.07, 6.45) is 8.57. The minimum atomic E-state index is -0.533. The second-order valence-corrected chi connectivity index (χ2v) is 11.8. The number of hydrogen-bond acceptors (Lipinski definition) is 5. The van der Waals surface area contributed by atoms with Crippen molar-refractivity contribution < 1.29 is 9.90 Å². The van der Waals surface area contributed by atoms with Gasteiger partial charge in [0.05, 0.1) is 23.8 Å². The predicted octanol–water partition coefficient (Wildman–Crippen LogP) is 3.90. The maximum atomic E-state index is 13.5. The molecule has 0 spiro atoms. The number of carbonyl (C=O) groups is 1. The molecule has 0 bridgehead atoms. The number of hydrogen-bond donors (Lipinski definition) is 1. The molecule has 1 aliphatic carbocycles. The first-order chi connectivity index (χ1) is 15.4. The van der Waals surface area contributed by atoms with Crippen molar-refractivity contribution in [3.05, 3.63) is 23.5 Å². The molecule has 2 aromatic rings. The zero-order valence-corrected chi connectivity index (χ0v) is 21.2. The summed E-state index contributed by atoms with van der Waals surface area (Å²) < 4.78 is 2.55. The minimum Gasteiger partial charge on any atom is -0.392 e. The van der Waals surface area contributed by atoms with Crippen molar-refractivity contribution in [2.24, 2.45) is 11.8 Å². The molecular formula is C24H34IN5O2. The average molecular weight is 551 g/mol. The Kier molecular flexibility index (Phi) is 6.35. The van der Waals surface area contributed by atoms with Crippen LogP contribution in [0.1, 0.15) is 69.2 Å². The van der Waals surface area contributed by atoms with Crippen molar-refractivity contribution in [3.63, 3.8) is 0 Å². The average Bonchev–Trinajstić information content (AvgIpc) is 3.40. The number of aliphatic hydroxyl groups is 1. The summed E-state index contributed by atoms with van der Waals surface area (Å²) in [5, 5.41) is 15.6. The number of aromatic nitrogens is 3. The first kappa shape index (κ1) is 22.4. The number of nitrogens with zero attached hydrogens (tertiary/aromatic N) is 5. The van der Waals surface area contributed by atoms with Crippen LogP contribution in [0.3, 0.4) is 0 Å². The zero-order chi connectivity index (χ0) is 22.4. The summed E-state index contributed by atoms with van der Waals surface area (Å²) >= 11 is 2.52. The number of carbonyl (C=O) groups excluding carboxylic acids is 1. The van der Waals surface area contributed by atoms with Crippen molar-refractivity contribution in [2.75, 3.05) is 24.5 Å². The van der Waals surface area contributed by atoms with Crippen molar-refractivity contribution in [2.45, 2.75) is 74.9 Å². The van der Waals surface area contributed by atoms with Gasteiger partial charge in [0, 0.05) is 41.4 Å². The fraction of sp³-hybridized carbons (Fsp3) is 0.708. The second kappa shape index (κ2) is 9.08. The first-order valence-corrected chi connectivity index (χ1v) is 13.4. The Balaban J connectivity index is 1.43. The number of amides is 1. The third-order valence-corrected chi connectivity index (χ3v) is 8.69. The molecule has 3 aliphatic rings. The fourth-order valence-corrected chi connectivity index (χ4v) is 6.55. The largest absolute Gasteiger partial charge is 0.392 e. The number of likely N-dealkylation sites (tertiary alicyclic amines) is 1. The van der Waals surface area contributed by atoms with Crippen LogP contribution in [0, 0.1) is 18.8 Å². The molecule has 2 aliphatic heterocycles. The summed E-state index contributed by atoms with van der Waals surface area (Å²) in [4.78, 5) is 22.9. The minimum absolute atomic E-state index is 0.0309. The molecule has 7 nitrogen and oxygen atoms in total. The third kappa shape index (κ3) is 4.13. The molecule has 8 heteroatoms. The van der Waals surface area contributed by atoms with E-state index in [4.69, 9.17) is 10.1 Å². The van der Waals surface area contributed by atoms with Crippen LogP contribution in [0.5, 0.6) is 0 Å². The third-order valence-electron chi connectivity index (χ3n) is 7.67. The lowest BCUT2D eigenvalue weighted by molar-refractivity contribution is -0.146. The highest BCUT2D eigenvalue weighted by molar-refractivity contribution is 14.1. The van der Waals surface area contributed by atoms with Crippen LogP contribution in [0.2, 0.25) is 0 Å². The Hall–Kier alpha value is -1.42. The van der Waals surface area contributed by atoms with Gasteiger partial charge in [-0.1, -0.05) is 35.9 Å². The van der Waals surface area contributed by atoms with Crippen LogP contribution in [-0.2, 0) is 4.79 Å². The Labute approximate surface area is 203 Å². The van der Waals surface area contributed by atoms with Crippen molar-refractivity contribution in [1.29, 1.82) is 0 Å². The quantitative estimate of drug-likeness (QED) is 0.463. The molecule has 1 saturated carbocycles. The molecule has 3 unspecified atom stereocenters. The molecule has 1 amide bonds. The number of rotatable bonds is 3. The van der Waals surface area contributed by atoms with Crippen molar-refractivity contribution >= 4 is 40.0 Å². The molecule has 5 rings (SSSR count). The smallest absolute Gasteiger partial charge is 0.228 e. The van der Waals surface area contributed by atoms with E-state index in [0.29, 0.717) is 3.92 Å². The Bertz CT molecular complexity index is 994. The summed E-state index contributed by atoms with van der Waals surface area (Å²) in [5.74, 6) is 1.08. The van der Waals surface area contributed by atoms with E-state index in [9.17, 15) is 9.90 Å². The van der Waals surface area contributed by atoms with E-state index in [0.717, 1.165) is 80.9 Å². The molecule has 174 valence electrons. The van der Waals surface area contributed by atoms with Gasteiger partial charge in [0.15, 0.2) is 5.65 Å². The van der Waals surface area contributed by atoms with E-state index in [2.05, 4.69) is 53.6 Å². The molecule has 2 aromatic heterocycles. The second-order valence-electron chi connectivity index (χ2n) is 10.00. The highest BCUT2D eigenvalue weighted by atomic mass is 127. The van der Waals surface area contributed by atoms with Gasteiger partial charge in [-0.25, -0.2) is 9.50 Å². The number of alkyl halides is 1. The van der Waals surface area contributed by atoms with Gasteiger partial charge in [-0.3, -0.25) is 4.79 Å². The number of piperidine rings is 1. The van der Waals surface area contributed by atoms with Crippen molar-refractivity contribution in [3.8, 4) is 0 Å². The van der Waals surface area contributed by atoms with E-state index in [1.807, 2.05) is 9.42 Å². The van der Waals surface area contributed by atoms with Crippen LogP contribution in [-0.4, -0.2) is 60.2 Å². The molecule has 32 heavy (non-hydrogen) atoms. The van der Waals surface area contributed by atoms with Gasteiger partial charge >= 0.3 is 0 Å². The predicted molar refractivity (Wildman–Crippen MR) is 133 cm³/mol. The van der Waals surface area contributed by atoms with E-state index < -0.39 is 6.10 Å². The summed E-state index contributed by atoms with van der Waals surface area (Å²) in [6, 6.07) is 2.04. The summed E-state index contributed by atoms with van der Waals surface area (Å²) in [5.41, 5.74) is 2.91. The van der Waals surface area contributed by atoms with Gasteiger partial charge in [-0.2, -0.15) is 5.10 Å². The number of aliphatic hydroxyl groups excluding tert-OH is 1. The van der Waals surface area contributed by atoms with E-state index in [1.54, 1.807) is 0 Å².